The molecule has 0 radical (unpaired) electrons. The maximum atomic E-state index is 11.2. The number of rotatable bonds is 6. The highest BCUT2D eigenvalue weighted by atomic mass is 32.2. The Bertz CT molecular complexity index is 858. The highest BCUT2D eigenvalue weighted by molar-refractivity contribution is 7.78. The Kier molecular flexibility index (Phi) is 4.55. The predicted molar refractivity (Wildman–Crippen MR) is 87.0 cm³/mol. The number of aldehydes is 1. The van der Waals surface area contributed by atoms with Gasteiger partial charge in [-0.3, -0.25) is 9.00 Å². The second kappa shape index (κ2) is 6.76. The Morgan fingerprint density at radius 2 is 1.91 bits per heavy atom. The normalized spacial score (nSPS) is 12.2. The van der Waals surface area contributed by atoms with E-state index >= 15 is 0 Å². The molecule has 1 heterocycles. The molecule has 0 N–H and O–H groups in total. The van der Waals surface area contributed by atoms with Gasteiger partial charge >= 0.3 is 0 Å². The van der Waals surface area contributed by atoms with Crippen molar-refractivity contribution in [3.8, 4) is 5.75 Å². The number of hydrogen-bond acceptors (Lipinski definition) is 4. The zero-order chi connectivity index (χ0) is 16.2. The fourth-order valence-corrected chi connectivity index (χ4v) is 2.93. The van der Waals surface area contributed by atoms with Crippen LogP contribution in [-0.4, -0.2) is 19.6 Å². The first-order chi connectivity index (χ1) is 11.2. The molecular formula is C17H14NO4S-. The van der Waals surface area contributed by atoms with Crippen molar-refractivity contribution in [2.24, 2.45) is 0 Å². The van der Waals surface area contributed by atoms with E-state index in [0.717, 1.165) is 11.8 Å². The number of ether oxygens (including phenoxy) is 1. The highest BCUT2D eigenvalue weighted by Gasteiger charge is 2.12. The van der Waals surface area contributed by atoms with Crippen molar-refractivity contribution in [2.75, 3.05) is 0 Å². The first kappa shape index (κ1) is 15.5. The largest absolute Gasteiger partial charge is 0.771 e. The molecule has 0 aliphatic heterocycles. The summed E-state index contributed by atoms with van der Waals surface area (Å²) in [6.07, 6.45) is 2.39. The van der Waals surface area contributed by atoms with E-state index in [0.29, 0.717) is 28.8 Å². The minimum absolute atomic E-state index is 0.187. The third kappa shape index (κ3) is 3.33. The number of nitrogens with zero attached hydrogens (tertiary/aromatic N) is 1. The van der Waals surface area contributed by atoms with Crippen LogP contribution >= 0.6 is 0 Å². The van der Waals surface area contributed by atoms with Gasteiger partial charge in [-0.1, -0.05) is 30.3 Å². The Labute approximate surface area is 135 Å². The summed E-state index contributed by atoms with van der Waals surface area (Å²) in [5.41, 5.74) is 2.11. The van der Waals surface area contributed by atoms with E-state index in [1.54, 1.807) is 29.0 Å². The number of fused-ring (bicyclic) bond motifs is 1. The molecule has 0 aliphatic carbocycles. The smallest absolute Gasteiger partial charge is 0.150 e. The molecule has 0 spiro atoms. The number of carbonyl (C=O) groups excluding carboxylic acids is 1. The lowest BCUT2D eigenvalue weighted by Gasteiger charge is -2.13. The van der Waals surface area contributed by atoms with Crippen molar-refractivity contribution in [3.05, 3.63) is 65.9 Å². The van der Waals surface area contributed by atoms with Crippen LogP contribution in [0.4, 0.5) is 0 Å². The van der Waals surface area contributed by atoms with Crippen LogP contribution in [0.25, 0.3) is 10.9 Å². The Morgan fingerprint density at radius 3 is 2.61 bits per heavy atom. The number of benzene rings is 2. The van der Waals surface area contributed by atoms with Gasteiger partial charge < -0.3 is 13.9 Å². The number of aromatic nitrogens is 1. The summed E-state index contributed by atoms with van der Waals surface area (Å²) in [7, 11) is 0. The minimum Gasteiger partial charge on any atom is -0.771 e. The van der Waals surface area contributed by atoms with Gasteiger partial charge in [0, 0.05) is 17.1 Å². The van der Waals surface area contributed by atoms with Crippen molar-refractivity contribution in [3.63, 3.8) is 0 Å². The Hall–Kier alpha value is -2.44. The molecule has 0 saturated carbocycles. The van der Waals surface area contributed by atoms with Crippen molar-refractivity contribution >= 4 is 28.3 Å². The summed E-state index contributed by atoms with van der Waals surface area (Å²) in [5.74, 6) is 0.359. The standard InChI is InChI=1S/C17H15NO4S/c19-10-14-6-7-16(22-11-13-4-2-1-3-5-13)17-15(14)8-9-18(17)12-23(20)21/h1-10H,11-12H2,(H,20,21)/p-1. The molecule has 0 amide bonds. The fraction of sp³-hybridized carbons (Fsp3) is 0.118. The van der Waals surface area contributed by atoms with Gasteiger partial charge in [-0.25, -0.2) is 0 Å². The van der Waals surface area contributed by atoms with Crippen LogP contribution in [0.3, 0.4) is 0 Å². The van der Waals surface area contributed by atoms with Crippen molar-refractivity contribution in [1.82, 2.24) is 4.57 Å². The Morgan fingerprint density at radius 1 is 1.13 bits per heavy atom. The second-order valence-corrected chi connectivity index (χ2v) is 5.89. The van der Waals surface area contributed by atoms with Gasteiger partial charge in [0.1, 0.15) is 12.4 Å². The van der Waals surface area contributed by atoms with Crippen molar-refractivity contribution < 1.29 is 18.3 Å². The molecule has 0 aliphatic rings. The summed E-state index contributed by atoms with van der Waals surface area (Å²) >= 11 is -2.24. The molecule has 0 bridgehead atoms. The predicted octanol–water partition coefficient (Wildman–Crippen LogP) is 2.87. The maximum absolute atomic E-state index is 11.2. The quantitative estimate of drug-likeness (QED) is 0.515. The number of carbonyl (C=O) groups is 1. The van der Waals surface area contributed by atoms with E-state index in [1.807, 2.05) is 30.3 Å². The average Bonchev–Trinajstić information content (AvgIpc) is 2.97. The van der Waals surface area contributed by atoms with E-state index in [2.05, 4.69) is 0 Å². The zero-order valence-corrected chi connectivity index (χ0v) is 13.0. The second-order valence-electron chi connectivity index (χ2n) is 5.03. The molecule has 1 unspecified atom stereocenters. The summed E-state index contributed by atoms with van der Waals surface area (Å²) in [5, 5.41) is 0.677. The molecule has 6 heteroatoms. The molecule has 0 saturated heterocycles. The summed E-state index contributed by atoms with van der Waals surface area (Å²) < 4.78 is 29.5. The van der Waals surface area contributed by atoms with Gasteiger partial charge in [-0.2, -0.15) is 0 Å². The lowest BCUT2D eigenvalue weighted by molar-refractivity contribution is 0.112. The summed E-state index contributed by atoms with van der Waals surface area (Å²) in [6.45, 7) is 0.363. The molecular weight excluding hydrogens is 314 g/mol. The molecule has 1 atom stereocenters. The first-order valence-electron chi connectivity index (χ1n) is 6.98. The monoisotopic (exact) mass is 328 g/mol. The van der Waals surface area contributed by atoms with Gasteiger partial charge in [-0.05, 0) is 34.8 Å². The molecule has 118 valence electrons. The van der Waals surface area contributed by atoms with E-state index in [9.17, 15) is 13.6 Å². The van der Waals surface area contributed by atoms with E-state index in [4.69, 9.17) is 4.74 Å². The molecule has 3 aromatic rings. The SMILES string of the molecule is O=Cc1ccc(OCc2ccccc2)c2c1ccn2CS(=O)[O-]. The molecule has 3 rings (SSSR count). The van der Waals surface area contributed by atoms with Crippen LogP contribution in [0.15, 0.2) is 54.7 Å². The van der Waals surface area contributed by atoms with Gasteiger partial charge in [0.05, 0.1) is 11.4 Å². The summed E-state index contributed by atoms with van der Waals surface area (Å²) in [6, 6.07) is 14.8. The van der Waals surface area contributed by atoms with Crippen LogP contribution in [-0.2, 0) is 23.6 Å². The third-order valence-electron chi connectivity index (χ3n) is 3.53. The first-order valence-corrected chi connectivity index (χ1v) is 8.23. The lowest BCUT2D eigenvalue weighted by atomic mass is 10.1. The molecule has 1 aromatic heterocycles. The summed E-state index contributed by atoms with van der Waals surface area (Å²) in [4.78, 5) is 11.2. The molecule has 2 aromatic carbocycles. The third-order valence-corrected chi connectivity index (χ3v) is 4.02. The maximum Gasteiger partial charge on any atom is 0.150 e. The average molecular weight is 328 g/mol. The topological polar surface area (TPSA) is 71.4 Å². The zero-order valence-electron chi connectivity index (χ0n) is 12.2. The van der Waals surface area contributed by atoms with Crippen LogP contribution in [0, 0.1) is 0 Å². The van der Waals surface area contributed by atoms with Gasteiger partial charge in [0.2, 0.25) is 0 Å². The van der Waals surface area contributed by atoms with Crippen molar-refractivity contribution in [1.29, 1.82) is 0 Å². The van der Waals surface area contributed by atoms with E-state index in [-0.39, 0.29) is 5.88 Å². The minimum atomic E-state index is -2.24. The van der Waals surface area contributed by atoms with Crippen LogP contribution < -0.4 is 4.74 Å². The molecule has 5 nitrogen and oxygen atoms in total. The van der Waals surface area contributed by atoms with Gasteiger partial charge in [0.25, 0.3) is 0 Å². The molecule has 0 fully saturated rings. The molecule has 23 heavy (non-hydrogen) atoms. The van der Waals surface area contributed by atoms with Gasteiger partial charge in [0.15, 0.2) is 6.29 Å². The van der Waals surface area contributed by atoms with E-state index < -0.39 is 11.1 Å². The van der Waals surface area contributed by atoms with Crippen LogP contribution in [0.2, 0.25) is 0 Å². The highest BCUT2D eigenvalue weighted by Crippen LogP contribution is 2.30. The Balaban J connectivity index is 2.00. The number of hydrogen-bond donors (Lipinski definition) is 0. The fourth-order valence-electron chi connectivity index (χ4n) is 2.49. The van der Waals surface area contributed by atoms with Crippen LogP contribution in [0.5, 0.6) is 5.75 Å². The van der Waals surface area contributed by atoms with Crippen LogP contribution in [0.1, 0.15) is 15.9 Å². The van der Waals surface area contributed by atoms with Gasteiger partial charge in [-0.15, -0.1) is 0 Å². The van der Waals surface area contributed by atoms with Crippen molar-refractivity contribution in [2.45, 2.75) is 12.5 Å². The lowest BCUT2D eigenvalue weighted by Crippen LogP contribution is -2.04. The van der Waals surface area contributed by atoms with E-state index in [1.165, 1.54) is 0 Å².